The third-order valence-corrected chi connectivity index (χ3v) is 4.75. The summed E-state index contributed by atoms with van der Waals surface area (Å²) in [6, 6.07) is 11.5. The molecule has 6 heteroatoms. The highest BCUT2D eigenvalue weighted by atomic mass is 16.5. The molecule has 0 fully saturated rings. The third kappa shape index (κ3) is 4.26. The molecule has 152 valence electrons. The van der Waals surface area contributed by atoms with Crippen molar-refractivity contribution < 1.29 is 19.0 Å². The number of amides is 1. The summed E-state index contributed by atoms with van der Waals surface area (Å²) in [5.74, 6) is 1.91. The van der Waals surface area contributed by atoms with E-state index in [1.807, 2.05) is 12.1 Å². The molecule has 2 aromatic rings. The van der Waals surface area contributed by atoms with Crippen molar-refractivity contribution in [3.05, 3.63) is 58.8 Å². The van der Waals surface area contributed by atoms with E-state index in [9.17, 15) is 4.79 Å². The Morgan fingerprint density at radius 1 is 0.897 bits per heavy atom. The topological polar surface area (TPSA) is 69.2 Å². The Hall–Kier alpha value is -3.28. The number of benzene rings is 2. The molecule has 1 aliphatic rings. The van der Waals surface area contributed by atoms with Crippen LogP contribution in [0.3, 0.4) is 0 Å². The predicted octanol–water partition coefficient (Wildman–Crippen LogP) is 3.93. The molecule has 2 aromatic carbocycles. The number of ether oxygens (including phenoxy) is 3. The Balaban J connectivity index is 1.97. The van der Waals surface area contributed by atoms with Crippen molar-refractivity contribution in [2.24, 2.45) is 4.99 Å². The van der Waals surface area contributed by atoms with Crippen LogP contribution in [0.2, 0.25) is 0 Å². The van der Waals surface area contributed by atoms with E-state index in [1.165, 1.54) is 5.56 Å². The molecule has 0 radical (unpaired) electrons. The van der Waals surface area contributed by atoms with Crippen molar-refractivity contribution in [3.63, 3.8) is 0 Å². The quantitative estimate of drug-likeness (QED) is 0.781. The standard InChI is InChI=1S/C23H26N2O4/c1-23(2,3)16-9-7-14(8-10-16)21-24-17(22(26)25-21)11-15-12-19(28-5)20(29-6)13-18(15)27-4/h7-13H,1-6H3,(H,24,25,26)/b17-11-. The normalized spacial score (nSPS) is 15.2. The number of amidine groups is 1. The average molecular weight is 394 g/mol. The summed E-state index contributed by atoms with van der Waals surface area (Å²) < 4.78 is 16.1. The molecule has 1 amide bonds. The van der Waals surface area contributed by atoms with Gasteiger partial charge in [0.2, 0.25) is 0 Å². The molecule has 1 aliphatic heterocycles. The Labute approximate surface area is 171 Å². The van der Waals surface area contributed by atoms with Crippen LogP contribution in [-0.2, 0) is 10.2 Å². The lowest BCUT2D eigenvalue weighted by Crippen LogP contribution is -2.24. The second-order valence-corrected chi connectivity index (χ2v) is 7.72. The summed E-state index contributed by atoms with van der Waals surface area (Å²) >= 11 is 0. The summed E-state index contributed by atoms with van der Waals surface area (Å²) in [5, 5.41) is 2.83. The van der Waals surface area contributed by atoms with Gasteiger partial charge in [-0.2, -0.15) is 0 Å². The highest BCUT2D eigenvalue weighted by molar-refractivity contribution is 6.19. The van der Waals surface area contributed by atoms with Crippen LogP contribution in [0.15, 0.2) is 47.1 Å². The van der Waals surface area contributed by atoms with Gasteiger partial charge in [-0.05, 0) is 23.1 Å². The molecular weight excluding hydrogens is 368 g/mol. The second kappa shape index (κ2) is 7.99. The molecule has 29 heavy (non-hydrogen) atoms. The van der Waals surface area contributed by atoms with Crippen LogP contribution in [0.1, 0.15) is 37.5 Å². The van der Waals surface area contributed by atoms with Gasteiger partial charge in [-0.15, -0.1) is 0 Å². The summed E-state index contributed by atoms with van der Waals surface area (Å²) in [6.45, 7) is 6.48. The van der Waals surface area contributed by atoms with Crippen LogP contribution in [0.25, 0.3) is 6.08 Å². The fourth-order valence-corrected chi connectivity index (χ4v) is 3.05. The lowest BCUT2D eigenvalue weighted by molar-refractivity contribution is -0.115. The number of methoxy groups -OCH3 is 3. The molecular formula is C23H26N2O4. The number of nitrogens with one attached hydrogen (secondary N) is 1. The molecule has 3 rings (SSSR count). The molecule has 0 bridgehead atoms. The first kappa shape index (κ1) is 20.5. The van der Waals surface area contributed by atoms with E-state index in [2.05, 4.69) is 43.2 Å². The van der Waals surface area contributed by atoms with E-state index in [4.69, 9.17) is 14.2 Å². The summed E-state index contributed by atoms with van der Waals surface area (Å²) in [4.78, 5) is 17.0. The first-order chi connectivity index (χ1) is 13.8. The molecule has 0 saturated heterocycles. The van der Waals surface area contributed by atoms with Gasteiger partial charge in [0.25, 0.3) is 5.91 Å². The maximum Gasteiger partial charge on any atom is 0.275 e. The van der Waals surface area contributed by atoms with E-state index in [0.29, 0.717) is 34.3 Å². The van der Waals surface area contributed by atoms with Crippen LogP contribution < -0.4 is 19.5 Å². The van der Waals surface area contributed by atoms with Crippen LogP contribution in [-0.4, -0.2) is 33.1 Å². The number of carbonyl (C=O) groups is 1. The van der Waals surface area contributed by atoms with E-state index >= 15 is 0 Å². The zero-order valence-electron chi connectivity index (χ0n) is 17.6. The molecule has 0 aromatic heterocycles. The van der Waals surface area contributed by atoms with E-state index < -0.39 is 0 Å². The molecule has 1 heterocycles. The Morgan fingerprint density at radius 3 is 2.03 bits per heavy atom. The number of carbonyl (C=O) groups excluding carboxylic acids is 1. The summed E-state index contributed by atoms with van der Waals surface area (Å²) in [5.41, 5.74) is 3.11. The SMILES string of the molecule is COc1cc(OC)c(OC)cc1/C=C1\N=C(c2ccc(C(C)(C)C)cc2)NC1=O. The minimum atomic E-state index is -0.267. The lowest BCUT2D eigenvalue weighted by Gasteiger charge is -2.19. The van der Waals surface area contributed by atoms with Crippen molar-refractivity contribution in [1.29, 1.82) is 0 Å². The smallest absolute Gasteiger partial charge is 0.275 e. The minimum Gasteiger partial charge on any atom is -0.496 e. The molecule has 0 spiro atoms. The first-order valence-electron chi connectivity index (χ1n) is 9.29. The monoisotopic (exact) mass is 394 g/mol. The first-order valence-corrected chi connectivity index (χ1v) is 9.29. The highest BCUT2D eigenvalue weighted by Crippen LogP contribution is 2.36. The Morgan fingerprint density at radius 2 is 1.48 bits per heavy atom. The molecule has 6 nitrogen and oxygen atoms in total. The Kier molecular flexibility index (Phi) is 5.64. The fourth-order valence-electron chi connectivity index (χ4n) is 3.05. The van der Waals surface area contributed by atoms with Crippen LogP contribution in [0.5, 0.6) is 17.2 Å². The Bertz CT molecular complexity index is 983. The molecule has 0 atom stereocenters. The number of hydrogen-bond acceptors (Lipinski definition) is 5. The van der Waals surface area contributed by atoms with Crippen molar-refractivity contribution in [3.8, 4) is 17.2 Å². The van der Waals surface area contributed by atoms with Crippen molar-refractivity contribution in [2.45, 2.75) is 26.2 Å². The lowest BCUT2D eigenvalue weighted by atomic mass is 9.86. The highest BCUT2D eigenvalue weighted by Gasteiger charge is 2.23. The van der Waals surface area contributed by atoms with Crippen LogP contribution >= 0.6 is 0 Å². The van der Waals surface area contributed by atoms with E-state index in [0.717, 1.165) is 5.56 Å². The van der Waals surface area contributed by atoms with E-state index in [1.54, 1.807) is 39.5 Å². The van der Waals surface area contributed by atoms with Gasteiger partial charge in [-0.25, -0.2) is 4.99 Å². The molecule has 0 saturated carbocycles. The predicted molar refractivity (Wildman–Crippen MR) is 114 cm³/mol. The van der Waals surface area contributed by atoms with Gasteiger partial charge in [-0.1, -0.05) is 45.0 Å². The maximum atomic E-state index is 12.5. The van der Waals surface area contributed by atoms with Gasteiger partial charge >= 0.3 is 0 Å². The van der Waals surface area contributed by atoms with Gasteiger partial charge in [0.1, 0.15) is 17.3 Å². The van der Waals surface area contributed by atoms with E-state index in [-0.39, 0.29) is 11.3 Å². The number of rotatable bonds is 5. The van der Waals surface area contributed by atoms with Gasteiger partial charge in [0.05, 0.1) is 21.3 Å². The number of hydrogen-bond donors (Lipinski definition) is 1. The zero-order valence-corrected chi connectivity index (χ0v) is 17.6. The van der Waals surface area contributed by atoms with Gasteiger partial charge < -0.3 is 19.5 Å². The maximum absolute atomic E-state index is 12.5. The molecule has 0 unspecified atom stereocenters. The number of aliphatic imine (C=N–C) groups is 1. The largest absolute Gasteiger partial charge is 0.496 e. The zero-order chi connectivity index (χ0) is 21.2. The van der Waals surface area contributed by atoms with Crippen LogP contribution in [0, 0.1) is 0 Å². The molecule has 0 aliphatic carbocycles. The van der Waals surface area contributed by atoms with Crippen molar-refractivity contribution >= 4 is 17.8 Å². The van der Waals surface area contributed by atoms with Crippen molar-refractivity contribution in [2.75, 3.05) is 21.3 Å². The van der Waals surface area contributed by atoms with Gasteiger partial charge in [0, 0.05) is 17.2 Å². The second-order valence-electron chi connectivity index (χ2n) is 7.72. The summed E-state index contributed by atoms with van der Waals surface area (Å²) in [7, 11) is 4.67. The average Bonchev–Trinajstić information content (AvgIpc) is 3.07. The number of nitrogens with zero attached hydrogens (tertiary/aromatic N) is 1. The fraction of sp³-hybridized carbons (Fsp3) is 0.304. The van der Waals surface area contributed by atoms with Crippen molar-refractivity contribution in [1.82, 2.24) is 5.32 Å². The third-order valence-electron chi connectivity index (χ3n) is 4.75. The summed E-state index contributed by atoms with van der Waals surface area (Å²) in [6.07, 6.45) is 1.67. The van der Waals surface area contributed by atoms with Crippen LogP contribution in [0.4, 0.5) is 0 Å². The van der Waals surface area contributed by atoms with Gasteiger partial charge in [0.15, 0.2) is 11.5 Å². The van der Waals surface area contributed by atoms with Gasteiger partial charge in [-0.3, -0.25) is 4.79 Å². The minimum absolute atomic E-state index is 0.0638. The molecule has 1 N–H and O–H groups in total.